The van der Waals surface area contributed by atoms with Crippen molar-refractivity contribution in [1.82, 2.24) is 10.3 Å². The molecule has 0 saturated carbocycles. The fraction of sp³-hybridized carbons (Fsp3) is 0.0769. The maximum atomic E-state index is 11.7. The summed E-state index contributed by atoms with van der Waals surface area (Å²) in [6.07, 6.45) is 1.42. The molecule has 0 bridgehead atoms. The fourth-order valence-corrected chi connectivity index (χ4v) is 1.54. The number of aromatic amines is 1. The molecule has 0 saturated heterocycles. The zero-order valence-electron chi connectivity index (χ0n) is 9.51. The summed E-state index contributed by atoms with van der Waals surface area (Å²) in [6, 6.07) is 9.37. The number of phenols is 1. The number of hydrogen-bond donors (Lipinski definition) is 3. The molecule has 18 heavy (non-hydrogen) atoms. The molecule has 2 aromatic rings. The van der Waals surface area contributed by atoms with Crippen LogP contribution in [0, 0.1) is 0 Å². The number of amides is 1. The predicted molar refractivity (Wildman–Crippen MR) is 66.3 cm³/mol. The second kappa shape index (κ2) is 5.18. The zero-order valence-corrected chi connectivity index (χ0v) is 9.51. The van der Waals surface area contributed by atoms with E-state index >= 15 is 0 Å². The zero-order chi connectivity index (χ0) is 13.0. The van der Waals surface area contributed by atoms with Crippen molar-refractivity contribution in [3.63, 3.8) is 0 Å². The molecular weight excluding hydrogens is 232 g/mol. The molecule has 0 unspecified atom stereocenters. The number of carbonyl (C=O) groups is 1. The number of nitrogens with one attached hydrogen (secondary N) is 2. The first kappa shape index (κ1) is 11.9. The number of phenolic OH excluding ortho intramolecular Hbond substituents is 1. The lowest BCUT2D eigenvalue weighted by Gasteiger charge is -2.05. The smallest absolute Gasteiger partial charge is 0.251 e. The van der Waals surface area contributed by atoms with Crippen molar-refractivity contribution >= 4 is 5.91 Å². The van der Waals surface area contributed by atoms with Crippen LogP contribution in [0.4, 0.5) is 0 Å². The number of carbonyl (C=O) groups excluding carboxylic acids is 1. The minimum absolute atomic E-state index is 0.151. The largest absolute Gasteiger partial charge is 0.508 e. The second-order valence-corrected chi connectivity index (χ2v) is 3.79. The van der Waals surface area contributed by atoms with Gasteiger partial charge in [-0.05, 0) is 23.8 Å². The highest BCUT2D eigenvalue weighted by atomic mass is 16.3. The molecule has 0 aliphatic heterocycles. The van der Waals surface area contributed by atoms with E-state index in [4.69, 9.17) is 0 Å². The molecule has 0 radical (unpaired) electrons. The minimum atomic E-state index is -0.329. The third-order valence-electron chi connectivity index (χ3n) is 2.40. The van der Waals surface area contributed by atoms with E-state index in [1.807, 2.05) is 0 Å². The Kier molecular flexibility index (Phi) is 3.43. The van der Waals surface area contributed by atoms with Crippen LogP contribution in [0.3, 0.4) is 0 Å². The number of pyridine rings is 1. The number of rotatable bonds is 3. The van der Waals surface area contributed by atoms with Crippen LogP contribution < -0.4 is 10.9 Å². The quantitative estimate of drug-likeness (QED) is 0.753. The van der Waals surface area contributed by atoms with Gasteiger partial charge in [0.1, 0.15) is 5.75 Å². The number of aromatic nitrogens is 1. The SMILES string of the molecule is O=C(NCc1cccc(O)c1)c1cc[nH]c(=O)c1. The lowest BCUT2D eigenvalue weighted by molar-refractivity contribution is 0.0950. The Bertz CT molecular complexity index is 619. The molecule has 0 aliphatic carbocycles. The molecule has 1 aromatic heterocycles. The molecule has 1 aromatic carbocycles. The van der Waals surface area contributed by atoms with Crippen molar-refractivity contribution in [2.24, 2.45) is 0 Å². The average molecular weight is 244 g/mol. The lowest BCUT2D eigenvalue weighted by atomic mass is 10.2. The lowest BCUT2D eigenvalue weighted by Crippen LogP contribution is -2.24. The van der Waals surface area contributed by atoms with Crippen LogP contribution in [0.5, 0.6) is 5.75 Å². The number of aromatic hydroxyl groups is 1. The van der Waals surface area contributed by atoms with Crippen LogP contribution in [0.25, 0.3) is 0 Å². The molecule has 1 heterocycles. The molecule has 5 nitrogen and oxygen atoms in total. The van der Waals surface area contributed by atoms with Gasteiger partial charge in [-0.3, -0.25) is 9.59 Å². The van der Waals surface area contributed by atoms with Crippen molar-refractivity contribution in [2.75, 3.05) is 0 Å². The van der Waals surface area contributed by atoms with E-state index in [2.05, 4.69) is 10.3 Å². The van der Waals surface area contributed by atoms with Crippen LogP contribution in [-0.4, -0.2) is 16.0 Å². The summed E-state index contributed by atoms with van der Waals surface area (Å²) in [4.78, 5) is 25.2. The number of hydrogen-bond acceptors (Lipinski definition) is 3. The Morgan fingerprint density at radius 1 is 1.28 bits per heavy atom. The van der Waals surface area contributed by atoms with E-state index < -0.39 is 0 Å². The summed E-state index contributed by atoms with van der Waals surface area (Å²) >= 11 is 0. The molecule has 92 valence electrons. The average Bonchev–Trinajstić information content (AvgIpc) is 2.36. The van der Waals surface area contributed by atoms with Gasteiger partial charge in [0, 0.05) is 24.4 Å². The normalized spacial score (nSPS) is 10.0. The molecule has 0 fully saturated rings. The summed E-state index contributed by atoms with van der Waals surface area (Å²) in [5, 5.41) is 11.9. The summed E-state index contributed by atoms with van der Waals surface area (Å²) in [5.41, 5.74) is 0.770. The van der Waals surface area contributed by atoms with Gasteiger partial charge < -0.3 is 15.4 Å². The highest BCUT2D eigenvalue weighted by Crippen LogP contribution is 2.10. The van der Waals surface area contributed by atoms with E-state index in [0.717, 1.165) is 5.56 Å². The molecule has 1 amide bonds. The number of H-pyrrole nitrogens is 1. The van der Waals surface area contributed by atoms with Crippen LogP contribution in [0.1, 0.15) is 15.9 Å². The Morgan fingerprint density at radius 2 is 2.11 bits per heavy atom. The van der Waals surface area contributed by atoms with E-state index in [1.54, 1.807) is 24.3 Å². The third kappa shape index (κ3) is 2.98. The highest BCUT2D eigenvalue weighted by molar-refractivity contribution is 5.93. The van der Waals surface area contributed by atoms with Gasteiger partial charge >= 0.3 is 0 Å². The van der Waals surface area contributed by atoms with Gasteiger partial charge in [0.05, 0.1) is 0 Å². The van der Waals surface area contributed by atoms with Crippen LogP contribution in [0.2, 0.25) is 0 Å². The van der Waals surface area contributed by atoms with Gasteiger partial charge in [-0.15, -0.1) is 0 Å². The monoisotopic (exact) mass is 244 g/mol. The van der Waals surface area contributed by atoms with E-state index in [0.29, 0.717) is 12.1 Å². The van der Waals surface area contributed by atoms with Gasteiger partial charge in [-0.1, -0.05) is 12.1 Å². The van der Waals surface area contributed by atoms with Gasteiger partial charge in [0.15, 0.2) is 0 Å². The second-order valence-electron chi connectivity index (χ2n) is 3.79. The Hall–Kier alpha value is -2.56. The van der Waals surface area contributed by atoms with Crippen molar-refractivity contribution < 1.29 is 9.90 Å². The molecule has 0 atom stereocenters. The summed E-state index contributed by atoms with van der Waals surface area (Å²) in [6.45, 7) is 0.292. The molecule has 0 spiro atoms. The van der Waals surface area contributed by atoms with Gasteiger partial charge in [-0.2, -0.15) is 0 Å². The first-order valence-electron chi connectivity index (χ1n) is 5.40. The predicted octanol–water partition coefficient (Wildman–Crippen LogP) is 1.01. The minimum Gasteiger partial charge on any atom is -0.508 e. The summed E-state index contributed by atoms with van der Waals surface area (Å²) in [7, 11) is 0. The van der Waals surface area contributed by atoms with Crippen LogP contribution in [-0.2, 0) is 6.54 Å². The molecular formula is C13H12N2O3. The van der Waals surface area contributed by atoms with Crippen LogP contribution in [0.15, 0.2) is 47.4 Å². The van der Waals surface area contributed by atoms with Crippen molar-refractivity contribution in [3.05, 3.63) is 64.1 Å². The maximum Gasteiger partial charge on any atom is 0.251 e. The fourth-order valence-electron chi connectivity index (χ4n) is 1.54. The summed E-state index contributed by atoms with van der Waals surface area (Å²) < 4.78 is 0. The van der Waals surface area contributed by atoms with Crippen molar-refractivity contribution in [1.29, 1.82) is 0 Å². The van der Waals surface area contributed by atoms with E-state index in [1.165, 1.54) is 18.3 Å². The molecule has 5 heteroatoms. The first-order chi connectivity index (χ1) is 8.65. The summed E-state index contributed by atoms with van der Waals surface area (Å²) in [5.74, 6) is -0.178. The Balaban J connectivity index is 2.03. The Morgan fingerprint density at radius 3 is 2.83 bits per heavy atom. The maximum absolute atomic E-state index is 11.7. The molecule has 2 rings (SSSR count). The van der Waals surface area contributed by atoms with Gasteiger partial charge in [0.2, 0.25) is 5.56 Å². The highest BCUT2D eigenvalue weighted by Gasteiger charge is 2.05. The third-order valence-corrected chi connectivity index (χ3v) is 2.40. The van der Waals surface area contributed by atoms with Crippen molar-refractivity contribution in [2.45, 2.75) is 6.54 Å². The Labute approximate surface area is 103 Å². The van der Waals surface area contributed by atoms with Gasteiger partial charge in [0.25, 0.3) is 5.91 Å². The van der Waals surface area contributed by atoms with E-state index in [-0.39, 0.29) is 17.2 Å². The first-order valence-corrected chi connectivity index (χ1v) is 5.40. The van der Waals surface area contributed by atoms with Crippen molar-refractivity contribution in [3.8, 4) is 5.75 Å². The topological polar surface area (TPSA) is 82.2 Å². The molecule has 3 N–H and O–H groups in total. The molecule has 0 aliphatic rings. The van der Waals surface area contributed by atoms with E-state index in [9.17, 15) is 14.7 Å². The number of benzene rings is 1. The van der Waals surface area contributed by atoms with Gasteiger partial charge in [-0.25, -0.2) is 0 Å². The van der Waals surface area contributed by atoms with Crippen LogP contribution >= 0.6 is 0 Å². The standard InChI is InChI=1S/C13H12N2O3/c16-11-3-1-2-9(6-11)8-15-13(18)10-4-5-14-12(17)7-10/h1-7,16H,8H2,(H,14,17)(H,15,18).